The molecule has 0 unspecified atom stereocenters. The van der Waals surface area contributed by atoms with E-state index in [4.69, 9.17) is 4.74 Å². The van der Waals surface area contributed by atoms with Gasteiger partial charge in [-0.25, -0.2) is 0 Å². The lowest BCUT2D eigenvalue weighted by Crippen LogP contribution is -2.35. The molecule has 2 N–H and O–H groups in total. The van der Waals surface area contributed by atoms with Gasteiger partial charge in [0.1, 0.15) is 5.75 Å². The topological polar surface area (TPSA) is 48.5 Å². The number of methoxy groups -OCH3 is 1. The van der Waals surface area contributed by atoms with Crippen LogP contribution in [0.5, 0.6) is 5.75 Å². The van der Waals surface area contributed by atoms with E-state index in [1.165, 1.54) is 12.8 Å². The fourth-order valence-electron chi connectivity index (χ4n) is 3.11. The molecule has 1 fully saturated rings. The Morgan fingerprint density at radius 2 is 2.14 bits per heavy atom. The maximum absolute atomic E-state index is 10.6. The zero-order valence-corrected chi connectivity index (χ0v) is 12.8. The summed E-state index contributed by atoms with van der Waals surface area (Å²) >= 11 is 0. The number of hydrogen-bond acceptors (Lipinski definition) is 3. The Kier molecular flexibility index (Phi) is 4.17. The molecular formula is C17H24N2O2. The summed E-state index contributed by atoms with van der Waals surface area (Å²) in [6.07, 6.45) is 3.92. The summed E-state index contributed by atoms with van der Waals surface area (Å²) in [7, 11) is 1.67. The van der Waals surface area contributed by atoms with Crippen LogP contribution in [0.25, 0.3) is 10.9 Å². The van der Waals surface area contributed by atoms with E-state index in [2.05, 4.69) is 16.8 Å². The van der Waals surface area contributed by atoms with Gasteiger partial charge >= 0.3 is 0 Å². The number of H-pyrrole nitrogens is 1. The summed E-state index contributed by atoms with van der Waals surface area (Å²) in [6.45, 7) is 5.18. The van der Waals surface area contributed by atoms with Gasteiger partial charge < -0.3 is 19.7 Å². The zero-order chi connectivity index (χ0) is 14.8. The number of fused-ring (bicyclic) bond motifs is 1. The van der Waals surface area contributed by atoms with Crippen molar-refractivity contribution >= 4 is 10.9 Å². The molecule has 0 bridgehead atoms. The number of hydrogen-bond donors (Lipinski definition) is 2. The van der Waals surface area contributed by atoms with Crippen LogP contribution < -0.4 is 4.74 Å². The number of piperidine rings is 1. The number of aliphatic hydroxyl groups excluding tert-OH is 1. The number of rotatable bonds is 4. The van der Waals surface area contributed by atoms with Crippen LogP contribution in [0.1, 0.15) is 31.4 Å². The smallest absolute Gasteiger partial charge is 0.119 e. The van der Waals surface area contributed by atoms with Crippen LogP contribution in [-0.4, -0.2) is 41.7 Å². The Balaban J connectivity index is 1.76. The van der Waals surface area contributed by atoms with Gasteiger partial charge in [0.25, 0.3) is 0 Å². The molecular weight excluding hydrogens is 264 g/mol. The van der Waals surface area contributed by atoms with Gasteiger partial charge in [-0.1, -0.05) is 6.92 Å². The third-order valence-corrected chi connectivity index (χ3v) is 4.59. The molecule has 2 heterocycles. The summed E-state index contributed by atoms with van der Waals surface area (Å²) in [6, 6.07) is 5.91. The second kappa shape index (κ2) is 6.08. The van der Waals surface area contributed by atoms with Crippen molar-refractivity contribution in [1.29, 1.82) is 0 Å². The first-order valence-corrected chi connectivity index (χ1v) is 7.73. The molecule has 0 amide bonds. The van der Waals surface area contributed by atoms with E-state index in [0.29, 0.717) is 6.54 Å². The van der Waals surface area contributed by atoms with Gasteiger partial charge in [0, 0.05) is 29.2 Å². The average Bonchev–Trinajstić information content (AvgIpc) is 2.92. The molecule has 114 valence electrons. The molecule has 1 saturated heterocycles. The second-order valence-corrected chi connectivity index (χ2v) is 6.15. The Hall–Kier alpha value is -1.52. The Labute approximate surface area is 125 Å². The zero-order valence-electron chi connectivity index (χ0n) is 12.8. The minimum absolute atomic E-state index is 0.459. The normalized spacial score (nSPS) is 19.0. The number of aromatic nitrogens is 1. The van der Waals surface area contributed by atoms with Crippen molar-refractivity contribution in [3.05, 3.63) is 30.0 Å². The van der Waals surface area contributed by atoms with Crippen molar-refractivity contribution in [3.63, 3.8) is 0 Å². The fraction of sp³-hybridized carbons (Fsp3) is 0.529. The number of nitrogens with one attached hydrogen (secondary N) is 1. The Morgan fingerprint density at radius 1 is 1.38 bits per heavy atom. The molecule has 0 radical (unpaired) electrons. The highest BCUT2D eigenvalue weighted by Crippen LogP contribution is 2.29. The predicted octanol–water partition coefficient (Wildman–Crippen LogP) is 2.94. The standard InChI is InChI=1S/C17H24N2O2/c1-12-5-7-19(8-6-12)11-17(20)15-10-18-16-4-3-13(21-2)9-14(15)16/h3-4,9-10,12,17-18,20H,5-8,11H2,1-2H3/t17-/m0/s1. The Bertz CT molecular complexity index is 600. The molecule has 3 rings (SSSR count). The number of aromatic amines is 1. The van der Waals surface area contributed by atoms with Crippen molar-refractivity contribution in [1.82, 2.24) is 9.88 Å². The molecule has 21 heavy (non-hydrogen) atoms. The van der Waals surface area contributed by atoms with Gasteiger partial charge in [0.15, 0.2) is 0 Å². The third kappa shape index (κ3) is 3.06. The van der Waals surface area contributed by atoms with E-state index in [9.17, 15) is 5.11 Å². The van der Waals surface area contributed by atoms with Gasteiger partial charge in [0.2, 0.25) is 0 Å². The minimum atomic E-state index is -0.459. The van der Waals surface area contributed by atoms with Gasteiger partial charge in [0.05, 0.1) is 13.2 Å². The van der Waals surface area contributed by atoms with Crippen molar-refractivity contribution in [2.45, 2.75) is 25.9 Å². The van der Waals surface area contributed by atoms with Gasteiger partial charge in [-0.05, 0) is 50.0 Å². The van der Waals surface area contributed by atoms with Crippen LogP contribution in [0, 0.1) is 5.92 Å². The molecule has 2 aromatic rings. The lowest BCUT2D eigenvalue weighted by molar-refractivity contribution is 0.0925. The minimum Gasteiger partial charge on any atom is -0.497 e. The van der Waals surface area contributed by atoms with Crippen LogP contribution in [-0.2, 0) is 0 Å². The summed E-state index contributed by atoms with van der Waals surface area (Å²) in [5.74, 6) is 1.64. The number of benzene rings is 1. The van der Waals surface area contributed by atoms with Gasteiger partial charge in [-0.15, -0.1) is 0 Å². The first-order valence-electron chi connectivity index (χ1n) is 7.73. The van der Waals surface area contributed by atoms with Crippen molar-refractivity contribution in [2.24, 2.45) is 5.92 Å². The molecule has 1 aliphatic rings. The highest BCUT2D eigenvalue weighted by atomic mass is 16.5. The highest BCUT2D eigenvalue weighted by Gasteiger charge is 2.21. The second-order valence-electron chi connectivity index (χ2n) is 6.15. The first-order chi connectivity index (χ1) is 10.2. The van der Waals surface area contributed by atoms with Crippen LogP contribution in [0.2, 0.25) is 0 Å². The maximum Gasteiger partial charge on any atom is 0.119 e. The Morgan fingerprint density at radius 3 is 2.86 bits per heavy atom. The summed E-state index contributed by atoms with van der Waals surface area (Å²) in [5.41, 5.74) is 2.00. The summed E-state index contributed by atoms with van der Waals surface area (Å²) in [4.78, 5) is 5.60. The molecule has 0 aliphatic carbocycles. The number of β-amino-alcohol motifs (C(OH)–C–C–N with tert-alkyl or cyclic N) is 1. The van der Waals surface area contributed by atoms with E-state index < -0.39 is 6.10 Å². The van der Waals surface area contributed by atoms with Crippen LogP contribution in [0.15, 0.2) is 24.4 Å². The van der Waals surface area contributed by atoms with E-state index >= 15 is 0 Å². The van der Waals surface area contributed by atoms with Gasteiger partial charge in [-0.2, -0.15) is 0 Å². The molecule has 4 nitrogen and oxygen atoms in total. The molecule has 1 aromatic carbocycles. The number of ether oxygens (including phenoxy) is 1. The quantitative estimate of drug-likeness (QED) is 0.909. The highest BCUT2D eigenvalue weighted by molar-refractivity contribution is 5.85. The summed E-state index contributed by atoms with van der Waals surface area (Å²) < 4.78 is 5.28. The molecule has 1 atom stereocenters. The van der Waals surface area contributed by atoms with Crippen molar-refractivity contribution in [3.8, 4) is 5.75 Å². The summed E-state index contributed by atoms with van der Waals surface area (Å²) in [5, 5.41) is 11.6. The molecule has 1 aromatic heterocycles. The SMILES string of the molecule is COc1ccc2[nH]cc([C@@H](O)CN3CCC(C)CC3)c2c1. The van der Waals surface area contributed by atoms with E-state index in [-0.39, 0.29) is 0 Å². The van der Waals surface area contributed by atoms with E-state index in [0.717, 1.165) is 41.2 Å². The van der Waals surface area contributed by atoms with Crippen LogP contribution in [0.3, 0.4) is 0 Å². The number of likely N-dealkylation sites (tertiary alicyclic amines) is 1. The lowest BCUT2D eigenvalue weighted by atomic mass is 9.98. The maximum atomic E-state index is 10.6. The number of aliphatic hydroxyl groups is 1. The molecule has 4 heteroatoms. The molecule has 0 spiro atoms. The van der Waals surface area contributed by atoms with Crippen LogP contribution in [0.4, 0.5) is 0 Å². The lowest BCUT2D eigenvalue weighted by Gasteiger charge is -2.31. The van der Waals surface area contributed by atoms with Crippen molar-refractivity contribution in [2.75, 3.05) is 26.7 Å². The largest absolute Gasteiger partial charge is 0.497 e. The average molecular weight is 288 g/mol. The van der Waals surface area contributed by atoms with E-state index in [1.807, 2.05) is 24.4 Å². The van der Waals surface area contributed by atoms with Crippen molar-refractivity contribution < 1.29 is 9.84 Å². The third-order valence-electron chi connectivity index (χ3n) is 4.59. The monoisotopic (exact) mass is 288 g/mol. The predicted molar refractivity (Wildman–Crippen MR) is 84.6 cm³/mol. The van der Waals surface area contributed by atoms with Gasteiger partial charge in [-0.3, -0.25) is 0 Å². The fourth-order valence-corrected chi connectivity index (χ4v) is 3.11. The molecule has 1 aliphatic heterocycles. The molecule has 0 saturated carbocycles. The van der Waals surface area contributed by atoms with Crippen LogP contribution >= 0.6 is 0 Å². The number of nitrogens with zero attached hydrogens (tertiary/aromatic N) is 1. The van der Waals surface area contributed by atoms with E-state index in [1.54, 1.807) is 7.11 Å². The first kappa shape index (κ1) is 14.4.